The molecule has 2 rings (SSSR count). The van der Waals surface area contributed by atoms with Crippen LogP contribution in [0.3, 0.4) is 0 Å². The second kappa shape index (κ2) is 6.53. The van der Waals surface area contributed by atoms with Crippen LogP contribution in [0.15, 0.2) is 42.5 Å². The number of aliphatic hydroxyl groups is 1. The lowest BCUT2D eigenvalue weighted by molar-refractivity contribution is 0.174. The minimum Gasteiger partial charge on any atom is -0.496 e. The second-order valence-corrected chi connectivity index (χ2v) is 5.01. The minimum atomic E-state index is -0.563. The molecule has 0 fully saturated rings. The summed E-state index contributed by atoms with van der Waals surface area (Å²) in [7, 11) is 1.62. The largest absolute Gasteiger partial charge is 0.496 e. The molecule has 0 saturated carbocycles. The van der Waals surface area contributed by atoms with Gasteiger partial charge < -0.3 is 9.84 Å². The Balaban J connectivity index is 2.08. The van der Waals surface area contributed by atoms with Crippen LogP contribution in [0.2, 0.25) is 0 Å². The molecule has 0 spiro atoms. The Bertz CT molecular complexity index is 581. The Hall–Kier alpha value is -1.87. The van der Waals surface area contributed by atoms with Crippen molar-refractivity contribution in [2.75, 3.05) is 7.11 Å². The van der Waals surface area contributed by atoms with E-state index in [2.05, 4.69) is 0 Å². The van der Waals surface area contributed by atoms with Gasteiger partial charge in [-0.3, -0.25) is 0 Å². The van der Waals surface area contributed by atoms with Gasteiger partial charge in [-0.2, -0.15) is 0 Å². The normalized spacial score (nSPS) is 12.2. The van der Waals surface area contributed by atoms with Gasteiger partial charge in [0.2, 0.25) is 0 Å². The second-order valence-electron chi connectivity index (χ2n) is 5.01. The zero-order valence-electron chi connectivity index (χ0n) is 11.8. The first-order valence-electron chi connectivity index (χ1n) is 6.64. The maximum atomic E-state index is 13.1. The zero-order chi connectivity index (χ0) is 14.5. The lowest BCUT2D eigenvalue weighted by Gasteiger charge is -2.14. The molecule has 3 heteroatoms. The maximum absolute atomic E-state index is 13.1. The Morgan fingerprint density at radius 3 is 2.65 bits per heavy atom. The van der Waals surface area contributed by atoms with Crippen molar-refractivity contribution in [3.8, 4) is 5.75 Å². The van der Waals surface area contributed by atoms with Gasteiger partial charge in [0.05, 0.1) is 13.2 Å². The highest BCUT2D eigenvalue weighted by atomic mass is 19.1. The smallest absolute Gasteiger partial charge is 0.123 e. The molecule has 1 N–H and O–H groups in total. The van der Waals surface area contributed by atoms with Crippen molar-refractivity contribution in [1.29, 1.82) is 0 Å². The summed E-state index contributed by atoms with van der Waals surface area (Å²) in [5.41, 5.74) is 2.89. The van der Waals surface area contributed by atoms with Crippen LogP contribution < -0.4 is 4.74 Å². The van der Waals surface area contributed by atoms with E-state index in [1.807, 2.05) is 31.2 Å². The summed E-state index contributed by atoms with van der Waals surface area (Å²) in [4.78, 5) is 0. The number of aliphatic hydroxyl groups excluding tert-OH is 1. The Labute approximate surface area is 118 Å². The molecule has 0 heterocycles. The molecule has 0 aliphatic rings. The van der Waals surface area contributed by atoms with Crippen molar-refractivity contribution in [2.45, 2.75) is 25.9 Å². The highest BCUT2D eigenvalue weighted by molar-refractivity contribution is 5.37. The monoisotopic (exact) mass is 274 g/mol. The molecule has 0 amide bonds. The zero-order valence-corrected chi connectivity index (χ0v) is 11.8. The number of methoxy groups -OCH3 is 1. The molecular formula is C17H19FO2. The fourth-order valence-electron chi connectivity index (χ4n) is 2.33. The van der Waals surface area contributed by atoms with Crippen molar-refractivity contribution in [3.63, 3.8) is 0 Å². The molecule has 0 radical (unpaired) electrons. The van der Waals surface area contributed by atoms with Crippen LogP contribution in [-0.4, -0.2) is 18.3 Å². The number of hydrogen-bond acceptors (Lipinski definition) is 2. The van der Waals surface area contributed by atoms with E-state index in [-0.39, 0.29) is 5.82 Å². The standard InChI is InChI=1S/C17H19FO2/c1-12-6-7-17(20-2)14(8-12)11-16(19)10-13-4-3-5-15(18)9-13/h3-9,16,19H,10-11H2,1-2H3. The third-order valence-electron chi connectivity index (χ3n) is 3.25. The number of benzene rings is 2. The number of aryl methyl sites for hydroxylation is 1. The van der Waals surface area contributed by atoms with E-state index >= 15 is 0 Å². The minimum absolute atomic E-state index is 0.275. The fraction of sp³-hybridized carbons (Fsp3) is 0.294. The SMILES string of the molecule is COc1ccc(C)cc1CC(O)Cc1cccc(F)c1. The quantitative estimate of drug-likeness (QED) is 0.906. The summed E-state index contributed by atoms with van der Waals surface area (Å²) in [6.07, 6.45) is 0.350. The summed E-state index contributed by atoms with van der Waals surface area (Å²) in [5.74, 6) is 0.497. The molecular weight excluding hydrogens is 255 g/mol. The molecule has 0 aromatic heterocycles. The van der Waals surface area contributed by atoms with Gasteiger partial charge in [-0.25, -0.2) is 4.39 Å². The van der Waals surface area contributed by atoms with Crippen molar-refractivity contribution in [1.82, 2.24) is 0 Å². The topological polar surface area (TPSA) is 29.5 Å². The fourth-order valence-corrected chi connectivity index (χ4v) is 2.33. The molecule has 0 saturated heterocycles. The average molecular weight is 274 g/mol. The Morgan fingerprint density at radius 1 is 1.15 bits per heavy atom. The highest BCUT2D eigenvalue weighted by Gasteiger charge is 2.11. The number of rotatable bonds is 5. The van der Waals surface area contributed by atoms with Crippen molar-refractivity contribution in [2.24, 2.45) is 0 Å². The molecule has 106 valence electrons. The third-order valence-corrected chi connectivity index (χ3v) is 3.25. The third kappa shape index (κ3) is 3.81. The van der Waals surface area contributed by atoms with Gasteiger partial charge in [-0.05, 0) is 42.7 Å². The molecule has 2 aromatic carbocycles. The number of halogens is 1. The predicted molar refractivity (Wildman–Crippen MR) is 77.5 cm³/mol. The number of ether oxygens (including phenoxy) is 1. The van der Waals surface area contributed by atoms with Gasteiger partial charge in [-0.15, -0.1) is 0 Å². The molecule has 20 heavy (non-hydrogen) atoms. The highest BCUT2D eigenvalue weighted by Crippen LogP contribution is 2.22. The van der Waals surface area contributed by atoms with Gasteiger partial charge in [0, 0.05) is 6.42 Å². The lowest BCUT2D eigenvalue weighted by Crippen LogP contribution is -2.14. The van der Waals surface area contributed by atoms with E-state index in [1.165, 1.54) is 12.1 Å². The molecule has 1 unspecified atom stereocenters. The van der Waals surface area contributed by atoms with Crippen LogP contribution in [0, 0.1) is 12.7 Å². The summed E-state index contributed by atoms with van der Waals surface area (Å²) in [5, 5.41) is 10.2. The molecule has 0 aliphatic carbocycles. The van der Waals surface area contributed by atoms with E-state index in [1.54, 1.807) is 13.2 Å². The van der Waals surface area contributed by atoms with Gasteiger partial charge >= 0.3 is 0 Å². The Morgan fingerprint density at radius 2 is 1.95 bits per heavy atom. The van der Waals surface area contributed by atoms with Gasteiger partial charge in [0.15, 0.2) is 0 Å². The Kier molecular flexibility index (Phi) is 4.74. The molecule has 1 atom stereocenters. The first-order chi connectivity index (χ1) is 9.58. The van der Waals surface area contributed by atoms with Crippen LogP contribution in [0.5, 0.6) is 5.75 Å². The van der Waals surface area contributed by atoms with Crippen LogP contribution in [0.1, 0.15) is 16.7 Å². The maximum Gasteiger partial charge on any atom is 0.123 e. The average Bonchev–Trinajstić information content (AvgIpc) is 2.38. The van der Waals surface area contributed by atoms with Crippen molar-refractivity contribution >= 4 is 0 Å². The van der Waals surface area contributed by atoms with Gasteiger partial charge in [-0.1, -0.05) is 29.8 Å². The van der Waals surface area contributed by atoms with Crippen LogP contribution in [0.25, 0.3) is 0 Å². The molecule has 0 bridgehead atoms. The molecule has 0 aliphatic heterocycles. The van der Waals surface area contributed by atoms with Crippen molar-refractivity contribution in [3.05, 3.63) is 65.0 Å². The van der Waals surface area contributed by atoms with E-state index in [9.17, 15) is 9.50 Å². The number of hydrogen-bond donors (Lipinski definition) is 1. The van der Waals surface area contributed by atoms with E-state index in [4.69, 9.17) is 4.74 Å². The first kappa shape index (κ1) is 14.5. The van der Waals surface area contributed by atoms with Gasteiger partial charge in [0.25, 0.3) is 0 Å². The summed E-state index contributed by atoms with van der Waals surface area (Å²) < 4.78 is 18.4. The summed E-state index contributed by atoms with van der Waals surface area (Å²) in [6, 6.07) is 12.2. The predicted octanol–water partition coefficient (Wildman–Crippen LogP) is 3.29. The van der Waals surface area contributed by atoms with Crippen molar-refractivity contribution < 1.29 is 14.2 Å². The summed E-state index contributed by atoms with van der Waals surface area (Å²) in [6.45, 7) is 2.00. The van der Waals surface area contributed by atoms with Gasteiger partial charge in [0.1, 0.15) is 11.6 Å². The van der Waals surface area contributed by atoms with Crippen LogP contribution in [-0.2, 0) is 12.8 Å². The van der Waals surface area contributed by atoms with Crippen LogP contribution >= 0.6 is 0 Å². The summed E-state index contributed by atoms with van der Waals surface area (Å²) >= 11 is 0. The molecule has 2 aromatic rings. The lowest BCUT2D eigenvalue weighted by atomic mass is 9.99. The van der Waals surface area contributed by atoms with E-state index < -0.39 is 6.10 Å². The van der Waals surface area contributed by atoms with E-state index in [0.29, 0.717) is 12.8 Å². The van der Waals surface area contributed by atoms with Crippen LogP contribution in [0.4, 0.5) is 4.39 Å². The van der Waals surface area contributed by atoms with E-state index in [0.717, 1.165) is 22.4 Å². The first-order valence-corrected chi connectivity index (χ1v) is 6.64. The molecule has 2 nitrogen and oxygen atoms in total.